The Balaban J connectivity index is 1.69. The van der Waals surface area contributed by atoms with Gasteiger partial charge in [-0.3, -0.25) is 9.78 Å². The zero-order valence-corrected chi connectivity index (χ0v) is 12.8. The first kappa shape index (κ1) is 15.1. The van der Waals surface area contributed by atoms with Crippen LogP contribution in [0.1, 0.15) is 20.9 Å². The fraction of sp³-hybridized carbons (Fsp3) is 0.250. The Morgan fingerprint density at radius 2 is 2.24 bits per heavy atom. The number of thiophene rings is 1. The first-order valence-electron chi connectivity index (χ1n) is 6.49. The number of hydrogen-bond donors (Lipinski definition) is 1. The second-order valence-electron chi connectivity index (χ2n) is 4.45. The first-order chi connectivity index (χ1) is 10.1. The average molecular weight is 300 g/mol. The molecule has 0 aromatic carbocycles. The monoisotopic (exact) mass is 300 g/mol. The van der Waals surface area contributed by atoms with Gasteiger partial charge in [0.05, 0.1) is 17.6 Å². The van der Waals surface area contributed by atoms with E-state index in [1.54, 1.807) is 6.20 Å². The minimum absolute atomic E-state index is 0.0916. The topological polar surface area (TPSA) is 51.2 Å². The Kier molecular flexibility index (Phi) is 5.35. The minimum atomic E-state index is -0.0916. The molecule has 5 heteroatoms. The highest BCUT2D eigenvalue weighted by atomic mass is 32.1. The van der Waals surface area contributed by atoms with Crippen LogP contribution >= 0.6 is 11.3 Å². The first-order valence-corrected chi connectivity index (χ1v) is 7.37. The van der Waals surface area contributed by atoms with Crippen molar-refractivity contribution in [1.29, 1.82) is 0 Å². The molecule has 1 amide bonds. The average Bonchev–Trinajstić information content (AvgIpc) is 2.91. The third-order valence-electron chi connectivity index (χ3n) is 2.61. The maximum Gasteiger partial charge on any atom is 0.262 e. The van der Waals surface area contributed by atoms with Crippen LogP contribution in [0.15, 0.2) is 29.8 Å². The van der Waals surface area contributed by atoms with Gasteiger partial charge in [0, 0.05) is 5.69 Å². The summed E-state index contributed by atoms with van der Waals surface area (Å²) in [6.07, 6.45) is 1.66. The number of pyridine rings is 1. The third kappa shape index (κ3) is 4.93. The zero-order chi connectivity index (χ0) is 15.1. The second-order valence-corrected chi connectivity index (χ2v) is 5.36. The SMILES string of the molecule is Cc1csc(C(=O)NCC#CCOc2ccc(C)nc2)c1. The maximum absolute atomic E-state index is 11.7. The molecule has 0 bridgehead atoms. The molecule has 2 aromatic heterocycles. The number of aromatic nitrogens is 1. The number of hydrogen-bond acceptors (Lipinski definition) is 4. The quantitative estimate of drug-likeness (QED) is 0.883. The lowest BCUT2D eigenvalue weighted by molar-refractivity contribution is 0.0962. The van der Waals surface area contributed by atoms with Gasteiger partial charge in [0.15, 0.2) is 0 Å². The van der Waals surface area contributed by atoms with E-state index in [0.29, 0.717) is 17.2 Å². The smallest absolute Gasteiger partial charge is 0.262 e. The molecule has 108 valence electrons. The molecule has 0 saturated carbocycles. The van der Waals surface area contributed by atoms with E-state index in [2.05, 4.69) is 22.1 Å². The van der Waals surface area contributed by atoms with Crippen molar-refractivity contribution in [3.63, 3.8) is 0 Å². The molecule has 0 aliphatic heterocycles. The van der Waals surface area contributed by atoms with Gasteiger partial charge in [-0.2, -0.15) is 0 Å². The van der Waals surface area contributed by atoms with E-state index in [9.17, 15) is 4.79 Å². The Hall–Kier alpha value is -2.32. The third-order valence-corrected chi connectivity index (χ3v) is 3.66. The molecule has 2 aromatic rings. The predicted molar refractivity (Wildman–Crippen MR) is 83.6 cm³/mol. The van der Waals surface area contributed by atoms with Gasteiger partial charge in [-0.1, -0.05) is 11.8 Å². The van der Waals surface area contributed by atoms with Crippen molar-refractivity contribution < 1.29 is 9.53 Å². The van der Waals surface area contributed by atoms with E-state index in [1.165, 1.54) is 11.3 Å². The van der Waals surface area contributed by atoms with Crippen molar-refractivity contribution in [2.45, 2.75) is 13.8 Å². The lowest BCUT2D eigenvalue weighted by Gasteiger charge is -2.01. The van der Waals surface area contributed by atoms with Crippen LogP contribution in [0, 0.1) is 25.7 Å². The molecule has 0 radical (unpaired) electrons. The van der Waals surface area contributed by atoms with Crippen LogP contribution in [0.25, 0.3) is 0 Å². The van der Waals surface area contributed by atoms with Crippen molar-refractivity contribution in [1.82, 2.24) is 10.3 Å². The summed E-state index contributed by atoms with van der Waals surface area (Å²) in [4.78, 5) is 16.6. The lowest BCUT2D eigenvalue weighted by atomic mass is 10.3. The Morgan fingerprint density at radius 3 is 2.90 bits per heavy atom. The molecular weight excluding hydrogens is 284 g/mol. The van der Waals surface area contributed by atoms with Gasteiger partial charge < -0.3 is 10.1 Å². The van der Waals surface area contributed by atoms with Crippen LogP contribution in [0.4, 0.5) is 0 Å². The van der Waals surface area contributed by atoms with Gasteiger partial charge in [-0.05, 0) is 43.0 Å². The molecule has 4 nitrogen and oxygen atoms in total. The molecule has 0 spiro atoms. The number of aryl methyl sites for hydroxylation is 2. The van der Waals surface area contributed by atoms with Crippen LogP contribution in [-0.2, 0) is 0 Å². The Morgan fingerprint density at radius 1 is 1.38 bits per heavy atom. The zero-order valence-electron chi connectivity index (χ0n) is 12.0. The molecule has 0 unspecified atom stereocenters. The van der Waals surface area contributed by atoms with E-state index in [4.69, 9.17) is 4.74 Å². The van der Waals surface area contributed by atoms with E-state index >= 15 is 0 Å². The second kappa shape index (κ2) is 7.46. The molecular formula is C16H16N2O2S. The van der Waals surface area contributed by atoms with Crippen LogP contribution in [0.5, 0.6) is 5.75 Å². The van der Waals surface area contributed by atoms with E-state index in [0.717, 1.165) is 11.3 Å². The highest BCUT2D eigenvalue weighted by Crippen LogP contribution is 2.12. The summed E-state index contributed by atoms with van der Waals surface area (Å²) < 4.78 is 5.41. The van der Waals surface area contributed by atoms with E-state index in [1.807, 2.05) is 37.4 Å². The van der Waals surface area contributed by atoms with E-state index < -0.39 is 0 Å². The van der Waals surface area contributed by atoms with Gasteiger partial charge in [-0.25, -0.2) is 0 Å². The molecule has 2 heterocycles. The molecule has 21 heavy (non-hydrogen) atoms. The van der Waals surface area contributed by atoms with Crippen LogP contribution in [-0.4, -0.2) is 24.0 Å². The van der Waals surface area contributed by atoms with Gasteiger partial charge >= 0.3 is 0 Å². The molecule has 0 atom stereocenters. The number of amides is 1. The summed E-state index contributed by atoms with van der Waals surface area (Å²) in [7, 11) is 0. The number of carbonyl (C=O) groups is 1. The molecule has 1 N–H and O–H groups in total. The number of rotatable bonds is 4. The van der Waals surface area contributed by atoms with Gasteiger partial charge in [0.25, 0.3) is 5.91 Å². The fourth-order valence-corrected chi connectivity index (χ4v) is 2.35. The molecule has 2 rings (SSSR count). The molecule has 0 aliphatic carbocycles. The van der Waals surface area contributed by atoms with Gasteiger partial charge in [0.1, 0.15) is 12.4 Å². The van der Waals surface area contributed by atoms with Crippen LogP contribution in [0.3, 0.4) is 0 Å². The van der Waals surface area contributed by atoms with Gasteiger partial charge in [0.2, 0.25) is 0 Å². The number of nitrogens with zero attached hydrogens (tertiary/aromatic N) is 1. The maximum atomic E-state index is 11.7. The highest BCUT2D eigenvalue weighted by Gasteiger charge is 2.05. The number of nitrogens with one attached hydrogen (secondary N) is 1. The highest BCUT2D eigenvalue weighted by molar-refractivity contribution is 7.12. The lowest BCUT2D eigenvalue weighted by Crippen LogP contribution is -2.22. The summed E-state index contributed by atoms with van der Waals surface area (Å²) in [5, 5.41) is 4.70. The van der Waals surface area contributed by atoms with Crippen LogP contribution in [0.2, 0.25) is 0 Å². The summed E-state index contributed by atoms with van der Waals surface area (Å²) in [6, 6.07) is 5.60. The Bertz CT molecular complexity index is 666. The number of carbonyl (C=O) groups excluding carboxylic acids is 1. The molecule has 0 saturated heterocycles. The van der Waals surface area contributed by atoms with Crippen molar-refractivity contribution in [3.05, 3.63) is 45.9 Å². The Labute approximate surface area is 128 Å². The fourth-order valence-electron chi connectivity index (χ4n) is 1.53. The summed E-state index contributed by atoms with van der Waals surface area (Å²) >= 11 is 1.43. The summed E-state index contributed by atoms with van der Waals surface area (Å²) in [5.74, 6) is 6.30. The van der Waals surface area contributed by atoms with Crippen LogP contribution < -0.4 is 10.1 Å². The molecule has 0 aliphatic rings. The van der Waals surface area contributed by atoms with Crippen molar-refractivity contribution in [3.8, 4) is 17.6 Å². The minimum Gasteiger partial charge on any atom is -0.479 e. The summed E-state index contributed by atoms with van der Waals surface area (Å²) in [6.45, 7) is 4.47. The molecule has 0 fully saturated rings. The largest absolute Gasteiger partial charge is 0.479 e. The van der Waals surface area contributed by atoms with Crippen molar-refractivity contribution in [2.24, 2.45) is 0 Å². The van der Waals surface area contributed by atoms with Gasteiger partial charge in [-0.15, -0.1) is 11.3 Å². The van der Waals surface area contributed by atoms with Crippen molar-refractivity contribution >= 4 is 17.2 Å². The van der Waals surface area contributed by atoms with E-state index in [-0.39, 0.29) is 12.5 Å². The standard InChI is InChI=1S/C16H16N2O2S/c1-12-9-15(21-11-12)16(19)17-7-3-4-8-20-14-6-5-13(2)18-10-14/h5-6,9-11H,7-8H2,1-2H3,(H,17,19). The number of ether oxygens (including phenoxy) is 1. The predicted octanol–water partition coefficient (Wildman–Crippen LogP) is 2.57. The summed E-state index contributed by atoms with van der Waals surface area (Å²) in [5.41, 5.74) is 2.04. The van der Waals surface area contributed by atoms with Crippen molar-refractivity contribution in [2.75, 3.05) is 13.2 Å². The normalized spacial score (nSPS) is 9.62.